The number of aliphatic hydroxyl groups is 1. The number of carbonyl (C=O) groups is 1. The molecule has 0 bridgehead atoms. The fourth-order valence-corrected chi connectivity index (χ4v) is 5.80. The zero-order chi connectivity index (χ0) is 23.5. The number of carbonyl (C=O) groups excluding carboxylic acids is 1. The number of fused-ring (bicyclic) bond motifs is 1. The highest BCUT2D eigenvalue weighted by molar-refractivity contribution is 5.78. The Bertz CT molecular complexity index is 979. The fraction of sp³-hybridized carbons (Fsp3) is 0.519. The Morgan fingerprint density at radius 3 is 2.47 bits per heavy atom. The molecule has 6 nitrogen and oxygen atoms in total. The minimum absolute atomic E-state index is 0.0543. The molecule has 0 aliphatic carbocycles. The largest absolute Gasteiger partial charge is 0.395 e. The Morgan fingerprint density at radius 2 is 1.74 bits per heavy atom. The normalized spacial score (nSPS) is 26.3. The van der Waals surface area contributed by atoms with Gasteiger partial charge in [-0.25, -0.2) is 4.39 Å². The van der Waals surface area contributed by atoms with Crippen LogP contribution in [0.4, 0.5) is 4.39 Å². The van der Waals surface area contributed by atoms with E-state index in [9.17, 15) is 14.3 Å². The summed E-state index contributed by atoms with van der Waals surface area (Å²) in [4.78, 5) is 19.8. The van der Waals surface area contributed by atoms with E-state index in [2.05, 4.69) is 21.9 Å². The van der Waals surface area contributed by atoms with Crippen LogP contribution >= 0.6 is 0 Å². The molecule has 0 aromatic heterocycles. The molecule has 3 aliphatic heterocycles. The smallest absolute Gasteiger partial charge is 0.236 e. The van der Waals surface area contributed by atoms with Crippen LogP contribution in [0, 0.1) is 5.82 Å². The van der Waals surface area contributed by atoms with E-state index in [1.165, 1.54) is 6.07 Å². The van der Waals surface area contributed by atoms with E-state index in [-0.39, 0.29) is 36.3 Å². The van der Waals surface area contributed by atoms with E-state index in [1.807, 2.05) is 23.1 Å². The Hall–Kier alpha value is -2.32. The van der Waals surface area contributed by atoms with Crippen molar-refractivity contribution in [1.29, 1.82) is 0 Å². The molecule has 34 heavy (non-hydrogen) atoms. The number of aliphatic hydroxyl groups excluding tert-OH is 1. The number of nitrogens with zero attached hydrogens (tertiary/aromatic N) is 3. The molecule has 2 aromatic rings. The lowest BCUT2D eigenvalue weighted by Gasteiger charge is -2.57. The van der Waals surface area contributed by atoms with Crippen LogP contribution < -0.4 is 0 Å². The first kappa shape index (κ1) is 23.4. The van der Waals surface area contributed by atoms with Gasteiger partial charge in [-0.3, -0.25) is 14.6 Å². The molecular weight excluding hydrogens is 433 g/mol. The van der Waals surface area contributed by atoms with E-state index in [0.29, 0.717) is 31.9 Å². The van der Waals surface area contributed by atoms with Crippen molar-refractivity contribution in [3.8, 4) is 11.1 Å². The molecule has 1 N–H and O–H groups in total. The lowest BCUT2D eigenvalue weighted by Crippen LogP contribution is -2.68. The van der Waals surface area contributed by atoms with Gasteiger partial charge in [-0.2, -0.15) is 0 Å². The minimum Gasteiger partial charge on any atom is -0.395 e. The Kier molecular flexibility index (Phi) is 7.25. The maximum atomic E-state index is 14.2. The third kappa shape index (κ3) is 4.75. The molecule has 0 radical (unpaired) electrons. The third-order valence-corrected chi connectivity index (χ3v) is 7.67. The van der Waals surface area contributed by atoms with Gasteiger partial charge in [-0.05, 0) is 36.6 Å². The van der Waals surface area contributed by atoms with Crippen LogP contribution in [0.2, 0.25) is 0 Å². The van der Waals surface area contributed by atoms with Crippen molar-refractivity contribution in [3.05, 3.63) is 59.9 Å². The molecular formula is C27H34FN3O3. The lowest BCUT2D eigenvalue weighted by molar-refractivity contribution is -0.138. The molecule has 3 fully saturated rings. The van der Waals surface area contributed by atoms with E-state index < -0.39 is 0 Å². The summed E-state index contributed by atoms with van der Waals surface area (Å²) < 4.78 is 19.6. The van der Waals surface area contributed by atoms with Crippen molar-refractivity contribution in [3.63, 3.8) is 0 Å². The zero-order valence-electron chi connectivity index (χ0n) is 19.6. The SMILES string of the molecule is O=C(CN1CCOCC1)N1CCCCN2[C@H](CO)[C@H](c3ccc(-c4ccccc4F)cc3)[C@@H]2C1. The predicted molar refractivity (Wildman–Crippen MR) is 129 cm³/mol. The standard InChI is InChI=1S/C27H34FN3O3/c28-23-6-2-1-5-22(23)20-7-9-21(10-8-20)27-24-17-30(11-3-4-12-31(24)25(27)19-32)26(33)18-29-13-15-34-16-14-29/h1-2,5-10,24-25,27,32H,3-4,11-19H2/t24-,25+,27+/m0/s1. The van der Waals surface area contributed by atoms with Gasteiger partial charge in [0, 0.05) is 49.7 Å². The van der Waals surface area contributed by atoms with Crippen LogP contribution in [0.25, 0.3) is 11.1 Å². The van der Waals surface area contributed by atoms with Crippen molar-refractivity contribution < 1.29 is 19.0 Å². The highest BCUT2D eigenvalue weighted by atomic mass is 19.1. The molecule has 1 amide bonds. The second-order valence-corrected chi connectivity index (χ2v) is 9.62. The van der Waals surface area contributed by atoms with Crippen molar-refractivity contribution in [2.24, 2.45) is 0 Å². The minimum atomic E-state index is -0.229. The monoisotopic (exact) mass is 467 g/mol. The molecule has 2 aromatic carbocycles. The second kappa shape index (κ2) is 10.5. The van der Waals surface area contributed by atoms with Gasteiger partial charge in [0.1, 0.15) is 5.82 Å². The van der Waals surface area contributed by atoms with E-state index in [1.54, 1.807) is 12.1 Å². The summed E-state index contributed by atoms with van der Waals surface area (Å²) in [5.74, 6) is 0.106. The summed E-state index contributed by atoms with van der Waals surface area (Å²) in [5, 5.41) is 10.2. The number of ether oxygens (including phenoxy) is 1. The molecule has 3 heterocycles. The van der Waals surface area contributed by atoms with Crippen molar-refractivity contribution in [2.45, 2.75) is 30.8 Å². The number of amides is 1. The summed E-state index contributed by atoms with van der Waals surface area (Å²) >= 11 is 0. The average Bonchev–Trinajstić information content (AvgIpc) is 2.84. The van der Waals surface area contributed by atoms with Crippen molar-refractivity contribution in [1.82, 2.24) is 14.7 Å². The van der Waals surface area contributed by atoms with Crippen LogP contribution in [-0.2, 0) is 9.53 Å². The first-order valence-corrected chi connectivity index (χ1v) is 12.4. The topological polar surface area (TPSA) is 56.2 Å². The third-order valence-electron chi connectivity index (χ3n) is 7.67. The summed E-state index contributed by atoms with van der Waals surface area (Å²) in [6.45, 7) is 5.94. The molecule has 5 rings (SSSR count). The Balaban J connectivity index is 1.33. The molecule has 3 saturated heterocycles. The van der Waals surface area contributed by atoms with E-state index in [0.717, 1.165) is 50.1 Å². The highest BCUT2D eigenvalue weighted by Gasteiger charge is 2.49. The number of morpholine rings is 1. The van der Waals surface area contributed by atoms with Gasteiger partial charge < -0.3 is 14.7 Å². The predicted octanol–water partition coefficient (Wildman–Crippen LogP) is 2.58. The molecule has 3 aliphatic rings. The number of hydrogen-bond acceptors (Lipinski definition) is 5. The highest BCUT2D eigenvalue weighted by Crippen LogP contribution is 2.42. The van der Waals surface area contributed by atoms with Crippen molar-refractivity contribution in [2.75, 3.05) is 59.1 Å². The maximum Gasteiger partial charge on any atom is 0.236 e. The van der Waals surface area contributed by atoms with E-state index in [4.69, 9.17) is 4.74 Å². The fourth-order valence-electron chi connectivity index (χ4n) is 5.80. The summed E-state index contributed by atoms with van der Waals surface area (Å²) in [7, 11) is 0. The molecule has 7 heteroatoms. The van der Waals surface area contributed by atoms with Gasteiger partial charge in [-0.15, -0.1) is 0 Å². The summed E-state index contributed by atoms with van der Waals surface area (Å²) in [6, 6.07) is 15.1. The number of hydrogen-bond donors (Lipinski definition) is 1. The first-order valence-electron chi connectivity index (χ1n) is 12.4. The second-order valence-electron chi connectivity index (χ2n) is 9.62. The molecule has 3 atom stereocenters. The molecule has 182 valence electrons. The van der Waals surface area contributed by atoms with Gasteiger partial charge in [0.2, 0.25) is 5.91 Å². The van der Waals surface area contributed by atoms with Crippen LogP contribution in [0.3, 0.4) is 0 Å². The molecule has 0 unspecified atom stereocenters. The summed E-state index contributed by atoms with van der Waals surface area (Å²) in [5.41, 5.74) is 2.58. The van der Waals surface area contributed by atoms with Crippen LogP contribution in [0.1, 0.15) is 24.3 Å². The number of halogens is 1. The van der Waals surface area contributed by atoms with Gasteiger partial charge in [0.15, 0.2) is 0 Å². The van der Waals surface area contributed by atoms with E-state index >= 15 is 0 Å². The summed E-state index contributed by atoms with van der Waals surface area (Å²) in [6.07, 6.45) is 2.01. The van der Waals surface area contributed by atoms with Gasteiger partial charge >= 0.3 is 0 Å². The first-order chi connectivity index (χ1) is 16.7. The van der Waals surface area contributed by atoms with Crippen molar-refractivity contribution >= 4 is 5.91 Å². The zero-order valence-corrected chi connectivity index (χ0v) is 19.6. The van der Waals surface area contributed by atoms with Gasteiger partial charge in [0.25, 0.3) is 0 Å². The lowest BCUT2D eigenvalue weighted by atomic mass is 9.74. The number of benzene rings is 2. The number of rotatable bonds is 5. The Labute approximate surface area is 200 Å². The molecule has 0 spiro atoms. The van der Waals surface area contributed by atoms with Crippen LogP contribution in [-0.4, -0.2) is 96.9 Å². The quantitative estimate of drug-likeness (QED) is 0.733. The van der Waals surface area contributed by atoms with Gasteiger partial charge in [-0.1, -0.05) is 42.5 Å². The average molecular weight is 468 g/mol. The molecule has 0 saturated carbocycles. The maximum absolute atomic E-state index is 14.2. The van der Waals surface area contributed by atoms with Crippen LogP contribution in [0.15, 0.2) is 48.5 Å². The van der Waals surface area contributed by atoms with Gasteiger partial charge in [0.05, 0.1) is 26.4 Å². The van der Waals surface area contributed by atoms with Crippen LogP contribution in [0.5, 0.6) is 0 Å². The Morgan fingerprint density at radius 1 is 1.00 bits per heavy atom.